The summed E-state index contributed by atoms with van der Waals surface area (Å²) in [4.78, 5) is 2.16. The summed E-state index contributed by atoms with van der Waals surface area (Å²) in [5.74, 6) is 0.641. The molecule has 0 spiro atoms. The van der Waals surface area contributed by atoms with E-state index in [0.29, 0.717) is 6.54 Å². The number of nitrogens with zero attached hydrogens (tertiary/aromatic N) is 1. The largest absolute Gasteiger partial charge is 0.496 e. The predicted molar refractivity (Wildman–Crippen MR) is 65.7 cm³/mol. The van der Waals surface area contributed by atoms with Crippen LogP contribution in [0, 0.1) is 5.82 Å². The topological polar surface area (TPSA) is 38.5 Å². The summed E-state index contributed by atoms with van der Waals surface area (Å²) in [6.07, 6.45) is 1.60. The van der Waals surface area contributed by atoms with E-state index in [1.165, 1.54) is 6.07 Å². The van der Waals surface area contributed by atoms with Crippen molar-refractivity contribution in [3.63, 3.8) is 0 Å². The molecular formula is C13H19FN2O. The SMILES string of the molecule is COc1ccc(F)c2c1CCN(C)C2CCN. The fraction of sp³-hybridized carbons (Fsp3) is 0.538. The third kappa shape index (κ3) is 2.15. The molecule has 1 aliphatic rings. The summed E-state index contributed by atoms with van der Waals surface area (Å²) in [6.45, 7) is 1.47. The van der Waals surface area contributed by atoms with Crippen molar-refractivity contribution in [2.75, 3.05) is 27.2 Å². The zero-order valence-corrected chi connectivity index (χ0v) is 10.4. The van der Waals surface area contributed by atoms with Gasteiger partial charge < -0.3 is 10.5 Å². The first-order chi connectivity index (χ1) is 8.19. The Labute approximate surface area is 101 Å². The zero-order chi connectivity index (χ0) is 12.4. The van der Waals surface area contributed by atoms with Crippen LogP contribution in [0.2, 0.25) is 0 Å². The van der Waals surface area contributed by atoms with Crippen LogP contribution in [0.15, 0.2) is 12.1 Å². The lowest BCUT2D eigenvalue weighted by atomic mass is 9.90. The van der Waals surface area contributed by atoms with Gasteiger partial charge in [-0.2, -0.15) is 0 Å². The van der Waals surface area contributed by atoms with Crippen molar-refractivity contribution in [2.45, 2.75) is 18.9 Å². The molecule has 0 aromatic heterocycles. The molecule has 0 saturated heterocycles. The summed E-state index contributed by atoms with van der Waals surface area (Å²) >= 11 is 0. The Bertz CT molecular complexity index is 409. The number of likely N-dealkylation sites (N-methyl/N-ethyl adjacent to an activating group) is 1. The Hall–Kier alpha value is -1.13. The van der Waals surface area contributed by atoms with E-state index < -0.39 is 0 Å². The van der Waals surface area contributed by atoms with Gasteiger partial charge in [-0.1, -0.05) is 0 Å². The van der Waals surface area contributed by atoms with Gasteiger partial charge in [-0.05, 0) is 38.6 Å². The molecule has 0 bridgehead atoms. The second-order valence-corrected chi connectivity index (χ2v) is 4.47. The molecule has 0 aliphatic carbocycles. The number of methoxy groups -OCH3 is 1. The van der Waals surface area contributed by atoms with Gasteiger partial charge in [-0.15, -0.1) is 0 Å². The van der Waals surface area contributed by atoms with Gasteiger partial charge in [-0.25, -0.2) is 4.39 Å². The van der Waals surface area contributed by atoms with Crippen molar-refractivity contribution in [3.8, 4) is 5.75 Å². The molecule has 0 saturated carbocycles. The molecule has 1 aliphatic heterocycles. The second-order valence-electron chi connectivity index (χ2n) is 4.47. The monoisotopic (exact) mass is 238 g/mol. The molecule has 1 heterocycles. The van der Waals surface area contributed by atoms with E-state index in [1.54, 1.807) is 13.2 Å². The standard InChI is InChI=1S/C13H19FN2O/c1-16-8-6-9-12(17-2)4-3-10(14)13(9)11(16)5-7-15/h3-4,11H,5-8,15H2,1-2H3. The highest BCUT2D eigenvalue weighted by atomic mass is 19.1. The molecule has 94 valence electrons. The zero-order valence-electron chi connectivity index (χ0n) is 10.4. The number of nitrogens with two attached hydrogens (primary N) is 1. The lowest BCUT2D eigenvalue weighted by Gasteiger charge is -2.35. The lowest BCUT2D eigenvalue weighted by molar-refractivity contribution is 0.213. The Morgan fingerprint density at radius 1 is 1.53 bits per heavy atom. The van der Waals surface area contributed by atoms with E-state index in [-0.39, 0.29) is 11.9 Å². The number of hydrogen-bond donors (Lipinski definition) is 1. The Morgan fingerprint density at radius 2 is 2.29 bits per heavy atom. The molecule has 4 heteroatoms. The summed E-state index contributed by atoms with van der Waals surface area (Å²) in [5.41, 5.74) is 7.39. The molecule has 1 aromatic rings. The maximum Gasteiger partial charge on any atom is 0.128 e. The fourth-order valence-electron chi connectivity index (χ4n) is 2.61. The van der Waals surface area contributed by atoms with E-state index >= 15 is 0 Å². The van der Waals surface area contributed by atoms with Gasteiger partial charge in [0.05, 0.1) is 7.11 Å². The van der Waals surface area contributed by atoms with Crippen molar-refractivity contribution in [1.29, 1.82) is 0 Å². The molecule has 1 atom stereocenters. The average molecular weight is 238 g/mol. The van der Waals surface area contributed by atoms with Crippen molar-refractivity contribution < 1.29 is 9.13 Å². The van der Waals surface area contributed by atoms with Gasteiger partial charge in [0.2, 0.25) is 0 Å². The van der Waals surface area contributed by atoms with Crippen molar-refractivity contribution in [3.05, 3.63) is 29.1 Å². The van der Waals surface area contributed by atoms with Crippen molar-refractivity contribution in [1.82, 2.24) is 4.90 Å². The number of halogens is 1. The van der Waals surface area contributed by atoms with Crippen LogP contribution in [-0.4, -0.2) is 32.1 Å². The first kappa shape index (κ1) is 12.3. The predicted octanol–water partition coefficient (Wildman–Crippen LogP) is 1.71. The molecular weight excluding hydrogens is 219 g/mol. The molecule has 3 nitrogen and oxygen atoms in total. The van der Waals surface area contributed by atoms with Gasteiger partial charge >= 0.3 is 0 Å². The number of hydrogen-bond acceptors (Lipinski definition) is 3. The molecule has 17 heavy (non-hydrogen) atoms. The smallest absolute Gasteiger partial charge is 0.128 e. The van der Waals surface area contributed by atoms with E-state index in [1.807, 2.05) is 7.05 Å². The minimum absolute atomic E-state index is 0.0684. The Kier molecular flexibility index (Phi) is 3.64. The normalized spacial score (nSPS) is 20.1. The van der Waals surface area contributed by atoms with Gasteiger partial charge in [-0.3, -0.25) is 4.90 Å². The molecule has 1 unspecified atom stereocenters. The van der Waals surface area contributed by atoms with Crippen LogP contribution in [0.25, 0.3) is 0 Å². The summed E-state index contributed by atoms with van der Waals surface area (Å²) in [6, 6.07) is 3.26. The highest BCUT2D eigenvalue weighted by molar-refractivity contribution is 5.44. The molecule has 1 aromatic carbocycles. The number of ether oxygens (including phenoxy) is 1. The third-order valence-corrected chi connectivity index (χ3v) is 3.50. The summed E-state index contributed by atoms with van der Waals surface area (Å²) < 4.78 is 19.3. The molecule has 2 rings (SSSR count). The van der Waals surface area contributed by atoms with E-state index in [4.69, 9.17) is 10.5 Å². The van der Waals surface area contributed by atoms with Gasteiger partial charge in [0.25, 0.3) is 0 Å². The summed E-state index contributed by atoms with van der Waals surface area (Å²) in [5, 5.41) is 0. The maximum absolute atomic E-state index is 14.0. The highest BCUT2D eigenvalue weighted by Crippen LogP contribution is 2.37. The molecule has 0 fully saturated rings. The van der Waals surface area contributed by atoms with Crippen LogP contribution in [-0.2, 0) is 6.42 Å². The highest BCUT2D eigenvalue weighted by Gasteiger charge is 2.29. The van der Waals surface area contributed by atoms with Crippen LogP contribution in [0.3, 0.4) is 0 Å². The minimum atomic E-state index is -0.147. The Balaban J connectivity index is 2.50. The maximum atomic E-state index is 14.0. The van der Waals surface area contributed by atoms with Crippen LogP contribution in [0.1, 0.15) is 23.6 Å². The van der Waals surface area contributed by atoms with E-state index in [0.717, 1.165) is 36.3 Å². The number of rotatable bonds is 3. The fourth-order valence-corrected chi connectivity index (χ4v) is 2.61. The first-order valence-corrected chi connectivity index (χ1v) is 5.94. The lowest BCUT2D eigenvalue weighted by Crippen LogP contribution is -2.34. The van der Waals surface area contributed by atoms with Gasteiger partial charge in [0, 0.05) is 23.7 Å². The molecule has 2 N–H and O–H groups in total. The van der Waals surface area contributed by atoms with Crippen LogP contribution in [0.5, 0.6) is 5.75 Å². The quantitative estimate of drug-likeness (QED) is 0.871. The van der Waals surface area contributed by atoms with Crippen molar-refractivity contribution in [2.24, 2.45) is 5.73 Å². The van der Waals surface area contributed by atoms with Crippen LogP contribution < -0.4 is 10.5 Å². The molecule has 0 radical (unpaired) electrons. The number of fused-ring (bicyclic) bond motifs is 1. The van der Waals surface area contributed by atoms with Gasteiger partial charge in [0.15, 0.2) is 0 Å². The van der Waals surface area contributed by atoms with Crippen LogP contribution in [0.4, 0.5) is 4.39 Å². The van der Waals surface area contributed by atoms with E-state index in [9.17, 15) is 4.39 Å². The van der Waals surface area contributed by atoms with Gasteiger partial charge in [0.1, 0.15) is 11.6 Å². The third-order valence-electron chi connectivity index (χ3n) is 3.50. The Morgan fingerprint density at radius 3 is 2.94 bits per heavy atom. The minimum Gasteiger partial charge on any atom is -0.496 e. The van der Waals surface area contributed by atoms with E-state index in [2.05, 4.69) is 4.90 Å². The van der Waals surface area contributed by atoms with Crippen molar-refractivity contribution >= 4 is 0 Å². The van der Waals surface area contributed by atoms with Crippen LogP contribution >= 0.6 is 0 Å². The second kappa shape index (κ2) is 5.02. The average Bonchev–Trinajstić information content (AvgIpc) is 2.33. The number of benzene rings is 1. The molecule has 0 amide bonds. The summed E-state index contributed by atoms with van der Waals surface area (Å²) in [7, 11) is 3.64. The first-order valence-electron chi connectivity index (χ1n) is 5.94.